The Labute approximate surface area is 157 Å². The number of hydrogen-bond donors (Lipinski definition) is 1. The van der Waals surface area contributed by atoms with Crippen molar-refractivity contribution in [2.45, 2.75) is 45.6 Å². The molecular weight excluding hydrogens is 320 g/mol. The third-order valence-electron chi connectivity index (χ3n) is 5.17. The van der Waals surface area contributed by atoms with E-state index in [0.29, 0.717) is 0 Å². The van der Waals surface area contributed by atoms with Crippen LogP contribution in [0.4, 0.5) is 5.69 Å². The average Bonchev–Trinajstić information content (AvgIpc) is 2.68. The SMILES string of the molecule is CCCCc1ccc(NC(=O)[C@@H]2CCCN(Cc3ccccc3)C2)cc1. The number of nitrogens with one attached hydrogen (secondary N) is 1. The molecule has 3 nitrogen and oxygen atoms in total. The highest BCUT2D eigenvalue weighted by Gasteiger charge is 2.25. The maximum atomic E-state index is 12.7. The molecule has 0 aromatic heterocycles. The Kier molecular flexibility index (Phi) is 6.84. The molecule has 1 heterocycles. The standard InChI is InChI=1S/C23H30N2O/c1-2-3-8-19-12-14-22(15-13-19)24-23(26)21-11-7-16-25(18-21)17-20-9-5-4-6-10-20/h4-6,9-10,12-15,21H,2-3,7-8,11,16-18H2,1H3,(H,24,26)/t21-/m1/s1. The fraction of sp³-hybridized carbons (Fsp3) is 0.435. The smallest absolute Gasteiger partial charge is 0.228 e. The predicted molar refractivity (Wildman–Crippen MR) is 108 cm³/mol. The number of likely N-dealkylation sites (tertiary alicyclic amines) is 1. The summed E-state index contributed by atoms with van der Waals surface area (Å²) in [4.78, 5) is 15.1. The minimum atomic E-state index is 0.0761. The maximum Gasteiger partial charge on any atom is 0.228 e. The first kappa shape index (κ1) is 18.7. The molecule has 1 amide bonds. The van der Waals surface area contributed by atoms with E-state index in [2.05, 4.69) is 53.5 Å². The van der Waals surface area contributed by atoms with Gasteiger partial charge in [0.25, 0.3) is 0 Å². The van der Waals surface area contributed by atoms with E-state index >= 15 is 0 Å². The van der Waals surface area contributed by atoms with Gasteiger partial charge in [0.15, 0.2) is 0 Å². The number of unbranched alkanes of at least 4 members (excludes halogenated alkanes) is 1. The molecule has 1 N–H and O–H groups in total. The highest BCUT2D eigenvalue weighted by Crippen LogP contribution is 2.21. The number of rotatable bonds is 7. The first-order valence-corrected chi connectivity index (χ1v) is 9.90. The molecule has 0 spiro atoms. The van der Waals surface area contributed by atoms with Crippen molar-refractivity contribution >= 4 is 11.6 Å². The van der Waals surface area contributed by atoms with Gasteiger partial charge in [0, 0.05) is 18.8 Å². The number of carbonyl (C=O) groups is 1. The molecule has 3 rings (SSSR count). The molecule has 0 radical (unpaired) electrons. The number of piperidine rings is 1. The summed E-state index contributed by atoms with van der Waals surface area (Å²) in [5.41, 5.74) is 3.57. The van der Waals surface area contributed by atoms with E-state index in [9.17, 15) is 4.79 Å². The number of carbonyl (C=O) groups excluding carboxylic acids is 1. The quantitative estimate of drug-likeness (QED) is 0.772. The number of anilines is 1. The fourth-order valence-corrected chi connectivity index (χ4v) is 3.63. The van der Waals surface area contributed by atoms with Crippen LogP contribution in [0.15, 0.2) is 54.6 Å². The number of benzene rings is 2. The fourth-order valence-electron chi connectivity index (χ4n) is 3.63. The minimum absolute atomic E-state index is 0.0761. The lowest BCUT2D eigenvalue weighted by Gasteiger charge is -2.32. The molecule has 0 unspecified atom stereocenters. The first-order valence-electron chi connectivity index (χ1n) is 9.90. The van der Waals surface area contributed by atoms with Gasteiger partial charge in [0.2, 0.25) is 5.91 Å². The summed E-state index contributed by atoms with van der Waals surface area (Å²) in [5, 5.41) is 3.11. The summed E-state index contributed by atoms with van der Waals surface area (Å²) in [6.07, 6.45) is 5.60. The topological polar surface area (TPSA) is 32.3 Å². The van der Waals surface area contributed by atoms with Crippen molar-refractivity contribution in [3.8, 4) is 0 Å². The normalized spacial score (nSPS) is 17.8. The molecule has 26 heavy (non-hydrogen) atoms. The van der Waals surface area contributed by atoms with Gasteiger partial charge in [-0.3, -0.25) is 9.69 Å². The van der Waals surface area contributed by atoms with Gasteiger partial charge in [-0.2, -0.15) is 0 Å². The maximum absolute atomic E-state index is 12.7. The van der Waals surface area contributed by atoms with Crippen LogP contribution in [0.1, 0.15) is 43.7 Å². The van der Waals surface area contributed by atoms with Gasteiger partial charge in [-0.25, -0.2) is 0 Å². The van der Waals surface area contributed by atoms with Crippen molar-refractivity contribution in [2.24, 2.45) is 5.92 Å². The van der Waals surface area contributed by atoms with Crippen LogP contribution < -0.4 is 5.32 Å². The van der Waals surface area contributed by atoms with Gasteiger partial charge >= 0.3 is 0 Å². The van der Waals surface area contributed by atoms with Crippen molar-refractivity contribution < 1.29 is 4.79 Å². The van der Waals surface area contributed by atoms with Crippen molar-refractivity contribution in [1.29, 1.82) is 0 Å². The lowest BCUT2D eigenvalue weighted by atomic mass is 9.96. The largest absolute Gasteiger partial charge is 0.326 e. The van der Waals surface area contributed by atoms with Gasteiger partial charge in [-0.05, 0) is 55.5 Å². The minimum Gasteiger partial charge on any atom is -0.326 e. The van der Waals surface area contributed by atoms with E-state index in [4.69, 9.17) is 0 Å². The van der Waals surface area contributed by atoms with E-state index in [1.807, 2.05) is 18.2 Å². The first-order chi connectivity index (χ1) is 12.7. The molecule has 138 valence electrons. The molecular formula is C23H30N2O. The van der Waals surface area contributed by atoms with Crippen molar-refractivity contribution in [2.75, 3.05) is 18.4 Å². The lowest BCUT2D eigenvalue weighted by molar-refractivity contribution is -0.121. The Bertz CT molecular complexity index is 681. The van der Waals surface area contributed by atoms with Crippen LogP contribution in [0.2, 0.25) is 0 Å². The molecule has 1 aliphatic heterocycles. The van der Waals surface area contributed by atoms with E-state index < -0.39 is 0 Å². The lowest BCUT2D eigenvalue weighted by Crippen LogP contribution is -2.40. The second-order valence-electron chi connectivity index (χ2n) is 7.35. The monoisotopic (exact) mass is 350 g/mol. The summed E-state index contributed by atoms with van der Waals surface area (Å²) >= 11 is 0. The van der Waals surface area contributed by atoms with Gasteiger partial charge in [-0.1, -0.05) is 55.8 Å². The van der Waals surface area contributed by atoms with Crippen molar-refractivity contribution in [3.05, 3.63) is 65.7 Å². The molecule has 2 aromatic carbocycles. The van der Waals surface area contributed by atoms with E-state index in [1.54, 1.807) is 0 Å². The van der Waals surface area contributed by atoms with Crippen LogP contribution in [0.25, 0.3) is 0 Å². The van der Waals surface area contributed by atoms with Crippen molar-refractivity contribution in [3.63, 3.8) is 0 Å². The summed E-state index contributed by atoms with van der Waals surface area (Å²) in [7, 11) is 0. The Morgan fingerprint density at radius 2 is 1.85 bits per heavy atom. The zero-order chi connectivity index (χ0) is 18.2. The highest BCUT2D eigenvalue weighted by atomic mass is 16.1. The number of hydrogen-bond acceptors (Lipinski definition) is 2. The molecule has 3 heteroatoms. The summed E-state index contributed by atoms with van der Waals surface area (Å²) < 4.78 is 0. The zero-order valence-corrected chi connectivity index (χ0v) is 15.8. The molecule has 1 aliphatic rings. The highest BCUT2D eigenvalue weighted by molar-refractivity contribution is 5.92. The zero-order valence-electron chi connectivity index (χ0n) is 15.8. The van der Waals surface area contributed by atoms with Crippen LogP contribution in [-0.4, -0.2) is 23.9 Å². The van der Waals surface area contributed by atoms with E-state index in [-0.39, 0.29) is 11.8 Å². The van der Waals surface area contributed by atoms with Crippen LogP contribution in [0, 0.1) is 5.92 Å². The molecule has 2 aromatic rings. The summed E-state index contributed by atoms with van der Waals surface area (Å²) in [6, 6.07) is 18.8. The third-order valence-corrected chi connectivity index (χ3v) is 5.17. The Morgan fingerprint density at radius 1 is 1.08 bits per heavy atom. The second-order valence-corrected chi connectivity index (χ2v) is 7.35. The second kappa shape index (κ2) is 9.54. The summed E-state index contributed by atoms with van der Waals surface area (Å²) in [5.74, 6) is 0.233. The molecule has 0 bridgehead atoms. The van der Waals surface area contributed by atoms with E-state index in [0.717, 1.165) is 44.6 Å². The number of amides is 1. The van der Waals surface area contributed by atoms with Crippen LogP contribution >= 0.6 is 0 Å². The molecule has 1 fully saturated rings. The molecule has 0 aliphatic carbocycles. The Balaban J connectivity index is 1.52. The Morgan fingerprint density at radius 3 is 2.58 bits per heavy atom. The van der Waals surface area contributed by atoms with Gasteiger partial charge < -0.3 is 5.32 Å². The molecule has 1 atom stereocenters. The molecule has 0 saturated carbocycles. The predicted octanol–water partition coefficient (Wildman–Crippen LogP) is 4.88. The number of nitrogens with zero attached hydrogens (tertiary/aromatic N) is 1. The van der Waals surface area contributed by atoms with Gasteiger partial charge in [0.05, 0.1) is 5.92 Å². The third kappa shape index (κ3) is 5.43. The average molecular weight is 351 g/mol. The van der Waals surface area contributed by atoms with Crippen LogP contribution in [0.3, 0.4) is 0 Å². The van der Waals surface area contributed by atoms with Crippen LogP contribution in [0.5, 0.6) is 0 Å². The summed E-state index contributed by atoms with van der Waals surface area (Å²) in [6.45, 7) is 5.05. The van der Waals surface area contributed by atoms with Crippen molar-refractivity contribution in [1.82, 2.24) is 4.90 Å². The molecule has 1 saturated heterocycles. The van der Waals surface area contributed by atoms with Crippen LogP contribution in [-0.2, 0) is 17.8 Å². The number of aryl methyl sites for hydroxylation is 1. The van der Waals surface area contributed by atoms with E-state index in [1.165, 1.54) is 24.0 Å². The Hall–Kier alpha value is -2.13. The van der Waals surface area contributed by atoms with Gasteiger partial charge in [0.1, 0.15) is 0 Å². The van der Waals surface area contributed by atoms with Gasteiger partial charge in [-0.15, -0.1) is 0 Å².